The minimum Gasteiger partial charge on any atom is -0.394 e. The third-order valence-corrected chi connectivity index (χ3v) is 5.15. The third-order valence-electron chi connectivity index (χ3n) is 4.77. The molecular weight excluding hydrogens is 472 g/mol. The van der Waals surface area contributed by atoms with Crippen molar-refractivity contribution in [3.8, 4) is 0 Å². The lowest BCUT2D eigenvalue weighted by Crippen LogP contribution is -2.59. The van der Waals surface area contributed by atoms with Crippen LogP contribution in [0.25, 0.3) is 0 Å². The van der Waals surface area contributed by atoms with Crippen LogP contribution in [0.4, 0.5) is 5.69 Å². The number of rotatable bonds is 14. The summed E-state index contributed by atoms with van der Waals surface area (Å²) in [6.07, 6.45) is -5.84. The zero-order chi connectivity index (χ0) is 24.1. The molecule has 0 saturated carbocycles. The second-order valence-electron chi connectivity index (χ2n) is 7.19. The fraction of sp³-hybridized carbons (Fsp3) is 0.619. The van der Waals surface area contributed by atoms with Gasteiger partial charge in [0, 0.05) is 13.0 Å². The van der Waals surface area contributed by atoms with Crippen molar-refractivity contribution in [3.05, 3.63) is 29.8 Å². The van der Waals surface area contributed by atoms with E-state index in [4.69, 9.17) is 36.3 Å². The van der Waals surface area contributed by atoms with Crippen LogP contribution >= 0.6 is 24.4 Å². The molecule has 0 amide bonds. The number of hydrogen-bond acceptors (Lipinski definition) is 11. The molecule has 1 aliphatic rings. The van der Waals surface area contributed by atoms with Gasteiger partial charge in [0.1, 0.15) is 24.4 Å². The van der Waals surface area contributed by atoms with E-state index in [0.29, 0.717) is 37.8 Å². The number of isothiocyanates is 1. The van der Waals surface area contributed by atoms with Gasteiger partial charge in [-0.25, -0.2) is 0 Å². The first kappa shape index (κ1) is 27.8. The van der Waals surface area contributed by atoms with E-state index in [1.165, 1.54) is 0 Å². The van der Waals surface area contributed by atoms with Crippen LogP contribution in [-0.2, 0) is 25.4 Å². The number of aliphatic hydroxyl groups excluding tert-OH is 4. The maximum Gasteiger partial charge on any atom is 0.186 e. The Morgan fingerprint density at radius 2 is 1.67 bits per heavy atom. The molecule has 1 fully saturated rings. The molecule has 2 unspecified atom stereocenters. The molecule has 184 valence electrons. The van der Waals surface area contributed by atoms with Crippen molar-refractivity contribution >= 4 is 40.3 Å². The predicted molar refractivity (Wildman–Crippen MR) is 127 cm³/mol. The second kappa shape index (κ2) is 15.5. The minimum atomic E-state index is -1.46. The van der Waals surface area contributed by atoms with E-state index in [2.05, 4.69) is 27.7 Å². The van der Waals surface area contributed by atoms with E-state index >= 15 is 0 Å². The van der Waals surface area contributed by atoms with Crippen LogP contribution in [0.5, 0.6) is 0 Å². The summed E-state index contributed by atoms with van der Waals surface area (Å²) in [5.74, 6) is 0. The molecule has 0 bridgehead atoms. The lowest BCUT2D eigenvalue weighted by atomic mass is 9.99. The summed E-state index contributed by atoms with van der Waals surface area (Å²) < 4.78 is 21.4. The van der Waals surface area contributed by atoms with Crippen LogP contribution in [0.1, 0.15) is 5.56 Å². The van der Waals surface area contributed by atoms with E-state index < -0.39 is 37.3 Å². The summed E-state index contributed by atoms with van der Waals surface area (Å²) in [6.45, 7) is 1.58. The molecule has 1 aromatic carbocycles. The van der Waals surface area contributed by atoms with Crippen LogP contribution in [0.15, 0.2) is 29.3 Å². The predicted octanol–water partition coefficient (Wildman–Crippen LogP) is -0.270. The van der Waals surface area contributed by atoms with Gasteiger partial charge in [-0.2, -0.15) is 4.99 Å². The standard InChI is InChI=1S/C21H30N2O8S2/c24-12-16-18(25)19(26)20(27)21(31-16)30-10-9-29-8-7-28-6-5-22-17(33)11-14-1-3-15(4-2-14)23-13-32/h1-4,16,18-21,24-27H,5-12H2,(H,22,33)/t16?,18-,19+,20?,21+/m1/s1. The fourth-order valence-corrected chi connectivity index (χ4v) is 3.38. The average molecular weight is 503 g/mol. The van der Waals surface area contributed by atoms with Crippen LogP contribution < -0.4 is 5.32 Å². The second-order valence-corrected chi connectivity index (χ2v) is 7.86. The van der Waals surface area contributed by atoms with Crippen LogP contribution in [0, 0.1) is 0 Å². The Balaban J connectivity index is 1.47. The molecule has 0 radical (unpaired) electrons. The van der Waals surface area contributed by atoms with Crippen molar-refractivity contribution < 1.29 is 39.4 Å². The first-order chi connectivity index (χ1) is 16.0. The monoisotopic (exact) mass is 502 g/mol. The highest BCUT2D eigenvalue weighted by molar-refractivity contribution is 7.80. The molecule has 0 spiro atoms. The number of nitrogens with zero attached hydrogens (tertiary/aromatic N) is 1. The molecule has 5 N–H and O–H groups in total. The Morgan fingerprint density at radius 3 is 2.33 bits per heavy atom. The molecule has 2 rings (SSSR count). The molecule has 0 aromatic heterocycles. The zero-order valence-electron chi connectivity index (χ0n) is 18.0. The van der Waals surface area contributed by atoms with Gasteiger partial charge in [-0.3, -0.25) is 0 Å². The number of benzene rings is 1. The van der Waals surface area contributed by atoms with Crippen LogP contribution in [0.2, 0.25) is 0 Å². The van der Waals surface area contributed by atoms with Crippen molar-refractivity contribution in [2.75, 3.05) is 46.2 Å². The van der Waals surface area contributed by atoms with Gasteiger partial charge < -0.3 is 44.7 Å². The number of aliphatic imine (C=N–C) groups is 1. The van der Waals surface area contributed by atoms with E-state index in [0.717, 1.165) is 11.3 Å². The summed E-state index contributed by atoms with van der Waals surface area (Å²) in [4.78, 5) is 4.62. The zero-order valence-corrected chi connectivity index (χ0v) is 19.7. The largest absolute Gasteiger partial charge is 0.394 e. The van der Waals surface area contributed by atoms with Gasteiger partial charge in [-0.15, -0.1) is 0 Å². The Kier molecular flexibility index (Phi) is 13.1. The van der Waals surface area contributed by atoms with Gasteiger partial charge in [0.2, 0.25) is 0 Å². The van der Waals surface area contributed by atoms with Crippen molar-refractivity contribution in [2.45, 2.75) is 37.1 Å². The number of aliphatic hydroxyl groups is 4. The summed E-state index contributed by atoms with van der Waals surface area (Å²) in [7, 11) is 0. The highest BCUT2D eigenvalue weighted by Gasteiger charge is 2.43. The van der Waals surface area contributed by atoms with E-state index in [1.807, 2.05) is 24.3 Å². The quantitative estimate of drug-likeness (QED) is 0.130. The third kappa shape index (κ3) is 9.77. The van der Waals surface area contributed by atoms with E-state index in [1.54, 1.807) is 0 Å². The highest BCUT2D eigenvalue weighted by atomic mass is 32.1. The number of hydrogen-bond donors (Lipinski definition) is 5. The SMILES string of the molecule is OCC1O[C@H](OCCOCCOCCNC(=S)Cc2ccc(N=C=S)cc2)C(O)[C@@H](O)[C@@H]1O. The Bertz CT molecular complexity index is 761. The van der Waals surface area contributed by atoms with Gasteiger partial charge in [-0.05, 0) is 29.9 Å². The normalized spacial score (nSPS) is 24.8. The van der Waals surface area contributed by atoms with Crippen molar-refractivity contribution in [2.24, 2.45) is 4.99 Å². The van der Waals surface area contributed by atoms with E-state index in [9.17, 15) is 15.3 Å². The maximum atomic E-state index is 9.87. The van der Waals surface area contributed by atoms with Gasteiger partial charge in [-0.1, -0.05) is 24.4 Å². The van der Waals surface area contributed by atoms with Gasteiger partial charge in [0.15, 0.2) is 6.29 Å². The molecule has 1 aromatic rings. The van der Waals surface area contributed by atoms with Crippen LogP contribution in [-0.4, -0.2) is 107 Å². The Hall–Kier alpha value is -1.41. The first-order valence-corrected chi connectivity index (χ1v) is 11.3. The molecule has 5 atom stereocenters. The van der Waals surface area contributed by atoms with Crippen molar-refractivity contribution in [1.82, 2.24) is 5.32 Å². The van der Waals surface area contributed by atoms with Crippen molar-refractivity contribution in [1.29, 1.82) is 0 Å². The number of nitrogens with one attached hydrogen (secondary N) is 1. The Labute approximate surface area is 203 Å². The molecule has 10 nitrogen and oxygen atoms in total. The summed E-state index contributed by atoms with van der Waals surface area (Å²) in [5.41, 5.74) is 1.82. The minimum absolute atomic E-state index is 0.0946. The average Bonchev–Trinajstić information content (AvgIpc) is 2.81. The maximum absolute atomic E-state index is 9.87. The van der Waals surface area contributed by atoms with Gasteiger partial charge in [0.05, 0.1) is 55.5 Å². The summed E-state index contributed by atoms with van der Waals surface area (Å²) in [6, 6.07) is 7.59. The first-order valence-electron chi connectivity index (χ1n) is 10.5. The molecular formula is C21H30N2O8S2. The molecule has 1 aliphatic heterocycles. The summed E-state index contributed by atoms with van der Waals surface area (Å²) >= 11 is 9.91. The molecule has 33 heavy (non-hydrogen) atoms. The van der Waals surface area contributed by atoms with Crippen LogP contribution in [0.3, 0.4) is 0 Å². The topological polar surface area (TPSA) is 142 Å². The summed E-state index contributed by atoms with van der Waals surface area (Å²) in [5, 5.41) is 43.9. The smallest absolute Gasteiger partial charge is 0.186 e. The number of thiocarbonyl (C=S) groups is 2. The molecule has 0 aliphatic carbocycles. The van der Waals surface area contributed by atoms with Gasteiger partial charge >= 0.3 is 0 Å². The lowest BCUT2D eigenvalue weighted by molar-refractivity contribution is -0.302. The molecule has 12 heteroatoms. The highest BCUT2D eigenvalue weighted by Crippen LogP contribution is 2.21. The van der Waals surface area contributed by atoms with E-state index in [-0.39, 0.29) is 13.2 Å². The number of ether oxygens (including phenoxy) is 4. The lowest BCUT2D eigenvalue weighted by Gasteiger charge is -2.39. The Morgan fingerprint density at radius 1 is 1.00 bits per heavy atom. The van der Waals surface area contributed by atoms with Crippen molar-refractivity contribution in [3.63, 3.8) is 0 Å². The molecule has 1 saturated heterocycles. The molecule has 1 heterocycles. The van der Waals surface area contributed by atoms with Gasteiger partial charge in [0.25, 0.3) is 0 Å². The fourth-order valence-electron chi connectivity index (χ4n) is 3.00.